The van der Waals surface area contributed by atoms with Crippen molar-refractivity contribution in [2.75, 3.05) is 0 Å². The Labute approximate surface area is 162 Å². The standard InChI is InChI=1S/C20H30ClP.Pd/c1-16(2)17-11-13-20(14-12-17)22(15-21,18-7-3-4-8-18)19-9-5-6-10-19;/h11-16,18-19H,3-10H2,1-2H3;. The van der Waals surface area contributed by atoms with Crippen molar-refractivity contribution in [2.24, 2.45) is 0 Å². The van der Waals surface area contributed by atoms with Crippen molar-refractivity contribution >= 4 is 24.2 Å². The molecule has 0 N–H and O–H groups in total. The van der Waals surface area contributed by atoms with Crippen molar-refractivity contribution in [3.05, 3.63) is 35.5 Å². The zero-order valence-electron chi connectivity index (χ0n) is 14.4. The molecule has 2 saturated carbocycles. The minimum atomic E-state index is -1.33. The molecule has 3 heteroatoms. The molecule has 1 aromatic rings. The van der Waals surface area contributed by atoms with Gasteiger partial charge in [-0.15, -0.1) is 0 Å². The summed E-state index contributed by atoms with van der Waals surface area (Å²) in [5, 5.41) is 1.59. The van der Waals surface area contributed by atoms with Crippen LogP contribution in [0, 0.1) is 5.62 Å². The van der Waals surface area contributed by atoms with Crippen LogP contribution in [0.25, 0.3) is 0 Å². The molecular formula is C20H30ClPPd. The number of hydrogen-bond acceptors (Lipinski definition) is 0. The third kappa shape index (κ3) is 3.90. The van der Waals surface area contributed by atoms with E-state index in [1.165, 1.54) is 56.9 Å². The maximum atomic E-state index is 6.65. The van der Waals surface area contributed by atoms with Gasteiger partial charge in [0.1, 0.15) is 0 Å². The van der Waals surface area contributed by atoms with E-state index in [1.54, 1.807) is 5.30 Å². The summed E-state index contributed by atoms with van der Waals surface area (Å²) >= 11 is 6.65. The summed E-state index contributed by atoms with van der Waals surface area (Å²) in [6, 6.07) is 9.58. The van der Waals surface area contributed by atoms with Gasteiger partial charge in [0.05, 0.1) is 5.30 Å². The summed E-state index contributed by atoms with van der Waals surface area (Å²) in [6.45, 7) is 4.55. The Morgan fingerprint density at radius 2 is 1.35 bits per heavy atom. The molecule has 1 aromatic carbocycles. The summed E-state index contributed by atoms with van der Waals surface area (Å²) in [5.74, 6) is 0.611. The Balaban J connectivity index is 0.00000192. The second-order valence-corrected chi connectivity index (χ2v) is 12.0. The molecule has 0 unspecified atom stereocenters. The van der Waals surface area contributed by atoms with Crippen LogP contribution >= 0.6 is 18.9 Å². The Morgan fingerprint density at radius 1 is 0.913 bits per heavy atom. The quantitative estimate of drug-likeness (QED) is 0.270. The molecule has 0 aromatic heterocycles. The molecule has 23 heavy (non-hydrogen) atoms. The zero-order chi connectivity index (χ0) is 15.6. The normalized spacial score (nSPS) is 20.2. The van der Waals surface area contributed by atoms with Gasteiger partial charge in [-0.05, 0) is 75.0 Å². The van der Waals surface area contributed by atoms with Crippen LogP contribution in [0.15, 0.2) is 24.3 Å². The fourth-order valence-electron chi connectivity index (χ4n) is 4.72. The molecule has 0 radical (unpaired) electrons. The van der Waals surface area contributed by atoms with E-state index in [0.717, 1.165) is 11.3 Å². The van der Waals surface area contributed by atoms with E-state index < -0.39 is 7.26 Å². The second-order valence-electron chi connectivity index (χ2n) is 7.55. The summed E-state index contributed by atoms with van der Waals surface area (Å²) in [5.41, 5.74) is 5.36. The summed E-state index contributed by atoms with van der Waals surface area (Å²) in [4.78, 5) is 0. The Kier molecular flexibility index (Phi) is 7.63. The van der Waals surface area contributed by atoms with E-state index in [0.29, 0.717) is 5.92 Å². The molecule has 0 spiro atoms. The summed E-state index contributed by atoms with van der Waals surface area (Å²) in [7, 11) is -1.33. The first-order chi connectivity index (χ1) is 10.7. The first-order valence-electron chi connectivity index (χ1n) is 9.11. The minimum Gasteiger partial charge on any atom is -0.304 e. The van der Waals surface area contributed by atoms with Gasteiger partial charge in [-0.25, -0.2) is 0 Å². The molecule has 0 aliphatic heterocycles. The van der Waals surface area contributed by atoms with Crippen LogP contribution in [-0.4, -0.2) is 11.3 Å². The maximum Gasteiger partial charge on any atom is 0.0664 e. The van der Waals surface area contributed by atoms with Crippen molar-refractivity contribution in [1.29, 1.82) is 0 Å². The molecule has 0 bridgehead atoms. The number of halogens is 1. The largest absolute Gasteiger partial charge is 0.304 e. The van der Waals surface area contributed by atoms with Crippen molar-refractivity contribution < 1.29 is 20.4 Å². The van der Waals surface area contributed by atoms with Gasteiger partial charge in [0.25, 0.3) is 0 Å². The molecule has 132 valence electrons. The smallest absolute Gasteiger partial charge is 0.0664 e. The van der Waals surface area contributed by atoms with Crippen LogP contribution in [0.3, 0.4) is 0 Å². The molecule has 2 aliphatic rings. The van der Waals surface area contributed by atoms with Gasteiger partial charge in [-0.1, -0.05) is 38.9 Å². The predicted octanol–water partition coefficient (Wildman–Crippen LogP) is 6.69. The molecule has 3 rings (SSSR count). The van der Waals surface area contributed by atoms with Crippen LogP contribution in [-0.2, 0) is 20.4 Å². The monoisotopic (exact) mass is 442 g/mol. The van der Waals surface area contributed by atoms with Gasteiger partial charge in [-0.3, -0.25) is 0 Å². The van der Waals surface area contributed by atoms with Crippen LogP contribution in [0.1, 0.15) is 76.7 Å². The first-order valence-corrected chi connectivity index (χ1v) is 11.5. The van der Waals surface area contributed by atoms with Gasteiger partial charge in [0.2, 0.25) is 0 Å². The Morgan fingerprint density at radius 3 is 1.70 bits per heavy atom. The SMILES string of the molecule is CC(C)c1ccc([P+]([CH-]Cl)(C2CCCC2)C2CCCC2)cc1.[Pd]. The number of benzene rings is 1. The van der Waals surface area contributed by atoms with Gasteiger partial charge >= 0.3 is 0 Å². The van der Waals surface area contributed by atoms with Crippen LogP contribution in [0.5, 0.6) is 0 Å². The molecular weight excluding hydrogens is 413 g/mol. The molecule has 0 amide bonds. The van der Waals surface area contributed by atoms with E-state index in [4.69, 9.17) is 11.6 Å². The van der Waals surface area contributed by atoms with Crippen molar-refractivity contribution in [3.63, 3.8) is 0 Å². The van der Waals surface area contributed by atoms with E-state index >= 15 is 0 Å². The van der Waals surface area contributed by atoms with Crippen molar-refractivity contribution in [2.45, 2.75) is 82.4 Å². The number of rotatable bonds is 5. The molecule has 0 saturated heterocycles. The zero-order valence-corrected chi connectivity index (χ0v) is 17.6. The molecule has 2 fully saturated rings. The van der Waals surface area contributed by atoms with Crippen LogP contribution in [0.4, 0.5) is 0 Å². The Hall–Kier alpha value is 0.602. The van der Waals surface area contributed by atoms with E-state index in [2.05, 4.69) is 43.7 Å². The second kappa shape index (κ2) is 8.81. The first kappa shape index (κ1) is 19.9. The summed E-state index contributed by atoms with van der Waals surface area (Å²) < 4.78 is 0. The van der Waals surface area contributed by atoms with Crippen molar-refractivity contribution in [1.82, 2.24) is 0 Å². The van der Waals surface area contributed by atoms with Crippen molar-refractivity contribution in [3.8, 4) is 0 Å². The predicted molar refractivity (Wildman–Crippen MR) is 102 cm³/mol. The van der Waals surface area contributed by atoms with Gasteiger partial charge in [0, 0.05) is 31.7 Å². The average Bonchev–Trinajstić information content (AvgIpc) is 3.23. The molecule has 0 heterocycles. The van der Waals surface area contributed by atoms with E-state index in [1.807, 2.05) is 0 Å². The fraction of sp³-hybridized carbons (Fsp3) is 0.650. The van der Waals surface area contributed by atoms with Gasteiger partial charge in [0.15, 0.2) is 0 Å². The molecule has 2 aliphatic carbocycles. The molecule has 0 atom stereocenters. The topological polar surface area (TPSA) is 0 Å². The third-order valence-electron chi connectivity index (χ3n) is 6.03. The van der Waals surface area contributed by atoms with Gasteiger partial charge < -0.3 is 11.6 Å². The van der Waals surface area contributed by atoms with E-state index in [-0.39, 0.29) is 20.4 Å². The fourth-order valence-corrected chi connectivity index (χ4v) is 11.0. The van der Waals surface area contributed by atoms with Gasteiger partial charge in [-0.2, -0.15) is 0 Å². The number of hydrogen-bond donors (Lipinski definition) is 0. The Bertz CT molecular complexity index is 457. The third-order valence-corrected chi connectivity index (χ3v) is 12.0. The van der Waals surface area contributed by atoms with Crippen LogP contribution < -0.4 is 5.30 Å². The maximum absolute atomic E-state index is 6.65. The van der Waals surface area contributed by atoms with E-state index in [9.17, 15) is 0 Å². The average molecular weight is 443 g/mol. The summed E-state index contributed by atoms with van der Waals surface area (Å²) in [6.07, 6.45) is 11.3. The minimum absolute atomic E-state index is 0. The van der Waals surface area contributed by atoms with Crippen LogP contribution in [0.2, 0.25) is 0 Å². The molecule has 0 nitrogen and oxygen atoms in total.